The second kappa shape index (κ2) is 4.97. The average Bonchev–Trinajstić information content (AvgIpc) is 2.88. The Kier molecular flexibility index (Phi) is 3.02. The zero-order valence-electron chi connectivity index (χ0n) is 10.6. The van der Waals surface area contributed by atoms with E-state index in [0.717, 1.165) is 17.0 Å². The molecule has 0 aliphatic rings. The van der Waals surface area contributed by atoms with Crippen LogP contribution in [0.15, 0.2) is 48.9 Å². The average molecular weight is 254 g/mol. The zero-order chi connectivity index (χ0) is 13.1. The van der Waals surface area contributed by atoms with E-state index < -0.39 is 0 Å². The Hall–Kier alpha value is -2.56. The zero-order valence-corrected chi connectivity index (χ0v) is 10.6. The van der Waals surface area contributed by atoms with Gasteiger partial charge in [0, 0.05) is 18.6 Å². The van der Waals surface area contributed by atoms with E-state index in [1.54, 1.807) is 13.3 Å². The molecule has 3 aromatic rings. The number of fused-ring (bicyclic) bond motifs is 1. The second-order valence-corrected chi connectivity index (χ2v) is 4.11. The smallest absolute Gasteiger partial charge is 0.237 e. The Bertz CT molecular complexity index is 659. The largest absolute Gasteiger partial charge is 0.480 e. The molecule has 0 saturated carbocycles. The lowest BCUT2D eigenvalue weighted by molar-refractivity contribution is 0.399. The predicted molar refractivity (Wildman–Crippen MR) is 73.3 cm³/mol. The number of hydrogen-bond acceptors (Lipinski definition) is 4. The Morgan fingerprint density at radius 1 is 1.26 bits per heavy atom. The van der Waals surface area contributed by atoms with Gasteiger partial charge in [-0.05, 0) is 24.3 Å². The fourth-order valence-corrected chi connectivity index (χ4v) is 1.95. The third-order valence-electron chi connectivity index (χ3n) is 2.84. The van der Waals surface area contributed by atoms with Gasteiger partial charge in [-0.3, -0.25) is 0 Å². The SMILES string of the molecule is COc1ncccc1NCc1cn2ccccc2n1. The van der Waals surface area contributed by atoms with Gasteiger partial charge < -0.3 is 14.5 Å². The van der Waals surface area contributed by atoms with E-state index in [4.69, 9.17) is 4.74 Å². The van der Waals surface area contributed by atoms with Crippen LogP contribution in [-0.4, -0.2) is 21.5 Å². The maximum absolute atomic E-state index is 5.19. The predicted octanol–water partition coefficient (Wildman–Crippen LogP) is 2.35. The number of pyridine rings is 2. The van der Waals surface area contributed by atoms with Crippen LogP contribution in [-0.2, 0) is 6.54 Å². The number of hydrogen-bond donors (Lipinski definition) is 1. The number of imidazole rings is 1. The molecular weight excluding hydrogens is 240 g/mol. The van der Waals surface area contributed by atoms with E-state index in [1.807, 2.05) is 47.1 Å². The molecular formula is C14H14N4O. The number of anilines is 1. The summed E-state index contributed by atoms with van der Waals surface area (Å²) in [5, 5.41) is 3.28. The van der Waals surface area contributed by atoms with Crippen molar-refractivity contribution in [3.05, 3.63) is 54.6 Å². The first-order valence-electron chi connectivity index (χ1n) is 6.02. The van der Waals surface area contributed by atoms with Gasteiger partial charge in [0.15, 0.2) is 0 Å². The first kappa shape index (κ1) is 11.5. The molecule has 0 amide bonds. The van der Waals surface area contributed by atoms with Gasteiger partial charge in [-0.25, -0.2) is 9.97 Å². The summed E-state index contributed by atoms with van der Waals surface area (Å²) in [4.78, 5) is 8.66. The van der Waals surface area contributed by atoms with Gasteiger partial charge in [0.1, 0.15) is 5.65 Å². The molecule has 1 N–H and O–H groups in total. The molecule has 0 aromatic carbocycles. The molecule has 0 aliphatic carbocycles. The second-order valence-electron chi connectivity index (χ2n) is 4.11. The molecule has 0 bridgehead atoms. The van der Waals surface area contributed by atoms with E-state index in [2.05, 4.69) is 15.3 Å². The van der Waals surface area contributed by atoms with Crippen LogP contribution in [0.1, 0.15) is 5.69 Å². The van der Waals surface area contributed by atoms with Gasteiger partial charge in [-0.15, -0.1) is 0 Å². The van der Waals surface area contributed by atoms with Crippen molar-refractivity contribution in [2.24, 2.45) is 0 Å². The van der Waals surface area contributed by atoms with Crippen LogP contribution in [0.3, 0.4) is 0 Å². The maximum Gasteiger partial charge on any atom is 0.237 e. The highest BCUT2D eigenvalue weighted by atomic mass is 16.5. The topological polar surface area (TPSA) is 51.5 Å². The highest BCUT2D eigenvalue weighted by Crippen LogP contribution is 2.20. The molecule has 0 fully saturated rings. The molecule has 3 aromatic heterocycles. The fraction of sp³-hybridized carbons (Fsp3) is 0.143. The molecule has 19 heavy (non-hydrogen) atoms. The monoisotopic (exact) mass is 254 g/mol. The summed E-state index contributed by atoms with van der Waals surface area (Å²) in [7, 11) is 1.61. The van der Waals surface area contributed by atoms with Crippen molar-refractivity contribution in [1.29, 1.82) is 0 Å². The van der Waals surface area contributed by atoms with E-state index >= 15 is 0 Å². The summed E-state index contributed by atoms with van der Waals surface area (Å²) < 4.78 is 7.19. The lowest BCUT2D eigenvalue weighted by Gasteiger charge is -2.07. The van der Waals surface area contributed by atoms with Crippen LogP contribution >= 0.6 is 0 Å². The van der Waals surface area contributed by atoms with Gasteiger partial charge in [0.05, 0.1) is 25.0 Å². The Morgan fingerprint density at radius 3 is 3.05 bits per heavy atom. The van der Waals surface area contributed by atoms with E-state index in [0.29, 0.717) is 12.4 Å². The molecule has 0 spiro atoms. The van der Waals surface area contributed by atoms with Crippen molar-refractivity contribution in [2.45, 2.75) is 6.54 Å². The molecule has 5 nitrogen and oxygen atoms in total. The summed E-state index contributed by atoms with van der Waals surface area (Å²) in [5.41, 5.74) is 2.77. The molecule has 3 rings (SSSR count). The minimum Gasteiger partial charge on any atom is -0.480 e. The summed E-state index contributed by atoms with van der Waals surface area (Å²) >= 11 is 0. The Balaban J connectivity index is 1.78. The summed E-state index contributed by atoms with van der Waals surface area (Å²) in [6, 6.07) is 9.74. The Labute approximate surface area is 110 Å². The van der Waals surface area contributed by atoms with Crippen LogP contribution < -0.4 is 10.1 Å². The number of nitrogens with one attached hydrogen (secondary N) is 1. The minimum atomic E-state index is 0.589. The third kappa shape index (κ3) is 2.35. The number of rotatable bonds is 4. The minimum absolute atomic E-state index is 0.589. The lowest BCUT2D eigenvalue weighted by atomic mass is 10.4. The van der Waals surface area contributed by atoms with Crippen LogP contribution in [0.5, 0.6) is 5.88 Å². The lowest BCUT2D eigenvalue weighted by Crippen LogP contribution is -2.02. The summed E-state index contributed by atoms with van der Waals surface area (Å²) in [6.07, 6.45) is 5.69. The quantitative estimate of drug-likeness (QED) is 0.776. The van der Waals surface area contributed by atoms with E-state index in [1.165, 1.54) is 0 Å². The molecule has 0 atom stereocenters. The van der Waals surface area contributed by atoms with E-state index in [9.17, 15) is 0 Å². The first-order valence-corrected chi connectivity index (χ1v) is 6.02. The number of aromatic nitrogens is 3. The number of ether oxygens (including phenoxy) is 1. The molecule has 96 valence electrons. The fourth-order valence-electron chi connectivity index (χ4n) is 1.95. The number of nitrogens with zero attached hydrogens (tertiary/aromatic N) is 3. The van der Waals surface area contributed by atoms with Gasteiger partial charge in [-0.1, -0.05) is 6.07 Å². The first-order chi connectivity index (χ1) is 9.36. The van der Waals surface area contributed by atoms with Crippen LogP contribution in [0.2, 0.25) is 0 Å². The third-order valence-corrected chi connectivity index (χ3v) is 2.84. The maximum atomic E-state index is 5.19. The number of methoxy groups -OCH3 is 1. The molecule has 3 heterocycles. The van der Waals surface area contributed by atoms with Gasteiger partial charge in [0.25, 0.3) is 0 Å². The van der Waals surface area contributed by atoms with Crippen LogP contribution in [0.4, 0.5) is 5.69 Å². The van der Waals surface area contributed by atoms with E-state index in [-0.39, 0.29) is 0 Å². The summed E-state index contributed by atoms with van der Waals surface area (Å²) in [6.45, 7) is 0.629. The van der Waals surface area contributed by atoms with Crippen molar-refractivity contribution >= 4 is 11.3 Å². The molecule has 0 radical (unpaired) electrons. The molecule has 0 saturated heterocycles. The van der Waals surface area contributed by atoms with Crippen LogP contribution in [0.25, 0.3) is 5.65 Å². The van der Waals surface area contributed by atoms with Crippen molar-refractivity contribution in [2.75, 3.05) is 12.4 Å². The van der Waals surface area contributed by atoms with Crippen molar-refractivity contribution < 1.29 is 4.74 Å². The molecule has 5 heteroatoms. The Morgan fingerprint density at radius 2 is 2.21 bits per heavy atom. The standard InChI is InChI=1S/C14H14N4O/c1-19-14-12(5-4-7-15-14)16-9-11-10-18-8-3-2-6-13(18)17-11/h2-8,10,16H,9H2,1H3. The van der Waals surface area contributed by atoms with Gasteiger partial charge >= 0.3 is 0 Å². The van der Waals surface area contributed by atoms with Crippen molar-refractivity contribution in [3.63, 3.8) is 0 Å². The van der Waals surface area contributed by atoms with Gasteiger partial charge in [-0.2, -0.15) is 0 Å². The summed E-state index contributed by atoms with van der Waals surface area (Å²) in [5.74, 6) is 0.589. The van der Waals surface area contributed by atoms with Crippen LogP contribution in [0, 0.1) is 0 Å². The highest BCUT2D eigenvalue weighted by Gasteiger charge is 2.04. The van der Waals surface area contributed by atoms with Gasteiger partial charge in [0.2, 0.25) is 5.88 Å². The highest BCUT2D eigenvalue weighted by molar-refractivity contribution is 5.52. The molecule has 0 unspecified atom stereocenters. The van der Waals surface area contributed by atoms with Crippen molar-refractivity contribution in [1.82, 2.24) is 14.4 Å². The van der Waals surface area contributed by atoms with Crippen molar-refractivity contribution in [3.8, 4) is 5.88 Å². The normalized spacial score (nSPS) is 10.6. The molecule has 0 aliphatic heterocycles.